The van der Waals surface area contributed by atoms with E-state index in [9.17, 15) is 10.1 Å². The van der Waals surface area contributed by atoms with Crippen LogP contribution in [0.4, 0.5) is 5.69 Å². The molecule has 0 radical (unpaired) electrons. The molecule has 0 aliphatic heterocycles. The monoisotopic (exact) mass is 450 g/mol. The molecule has 4 aromatic rings. The van der Waals surface area contributed by atoms with Crippen molar-refractivity contribution in [2.24, 2.45) is 7.05 Å². The fourth-order valence-electron chi connectivity index (χ4n) is 3.60. The molecule has 0 unspecified atom stereocenters. The number of anilines is 1. The largest absolute Gasteiger partial charge is 0.326 e. The third-order valence-electron chi connectivity index (χ3n) is 5.63. The van der Waals surface area contributed by atoms with E-state index in [0.29, 0.717) is 12.1 Å². The molecule has 2 aromatic carbocycles. The van der Waals surface area contributed by atoms with E-state index in [1.54, 1.807) is 4.68 Å². The molecule has 7 nitrogen and oxygen atoms in total. The minimum atomic E-state index is -0.614. The van der Waals surface area contributed by atoms with E-state index in [0.717, 1.165) is 33.6 Å². The molecule has 0 saturated heterocycles. The quantitative estimate of drug-likeness (QED) is 0.449. The van der Waals surface area contributed by atoms with E-state index in [1.807, 2.05) is 94.2 Å². The van der Waals surface area contributed by atoms with Gasteiger partial charge in [-0.2, -0.15) is 10.4 Å². The second-order valence-corrected chi connectivity index (χ2v) is 8.83. The summed E-state index contributed by atoms with van der Waals surface area (Å²) in [6.45, 7) is 3.71. The van der Waals surface area contributed by atoms with Crippen molar-refractivity contribution in [1.82, 2.24) is 19.7 Å². The Hall–Kier alpha value is -4.31. The van der Waals surface area contributed by atoms with Crippen LogP contribution < -0.4 is 5.32 Å². The first-order valence-electron chi connectivity index (χ1n) is 11.0. The molecule has 4 rings (SSSR count). The Morgan fingerprint density at radius 2 is 1.76 bits per heavy atom. The van der Waals surface area contributed by atoms with E-state index in [2.05, 4.69) is 26.5 Å². The normalized spacial score (nSPS) is 11.1. The van der Waals surface area contributed by atoms with E-state index >= 15 is 0 Å². The second kappa shape index (κ2) is 9.67. The van der Waals surface area contributed by atoms with Crippen molar-refractivity contribution >= 4 is 11.6 Å². The summed E-state index contributed by atoms with van der Waals surface area (Å²) in [5.41, 5.74) is 4.82. The van der Waals surface area contributed by atoms with Crippen LogP contribution in [0.3, 0.4) is 0 Å². The van der Waals surface area contributed by atoms with Crippen LogP contribution >= 0.6 is 0 Å². The number of rotatable bonds is 7. The minimum Gasteiger partial charge on any atom is -0.326 e. The third kappa shape index (κ3) is 5.54. The number of nitrogens with one attached hydrogen (secondary N) is 1. The summed E-state index contributed by atoms with van der Waals surface area (Å²) in [7, 11) is 1.88. The molecule has 0 spiro atoms. The molecule has 0 bridgehead atoms. The summed E-state index contributed by atoms with van der Waals surface area (Å²) in [5, 5.41) is 16.4. The topological polar surface area (TPSA) is 96.5 Å². The lowest BCUT2D eigenvalue weighted by molar-refractivity contribution is -0.115. The van der Waals surface area contributed by atoms with Gasteiger partial charge in [0.25, 0.3) is 0 Å². The Bertz CT molecular complexity index is 1330. The van der Waals surface area contributed by atoms with Gasteiger partial charge < -0.3 is 5.32 Å². The molecule has 170 valence electrons. The van der Waals surface area contributed by atoms with Gasteiger partial charge in [0.15, 0.2) is 0 Å². The summed E-state index contributed by atoms with van der Waals surface area (Å²) < 4.78 is 1.76. The van der Waals surface area contributed by atoms with E-state index in [4.69, 9.17) is 0 Å². The molecule has 0 fully saturated rings. The van der Waals surface area contributed by atoms with Crippen LogP contribution in [0.2, 0.25) is 0 Å². The summed E-state index contributed by atoms with van der Waals surface area (Å²) >= 11 is 0. The molecule has 0 saturated carbocycles. The first kappa shape index (κ1) is 22.9. The summed E-state index contributed by atoms with van der Waals surface area (Å²) in [6.07, 6.45) is 8.30. The van der Waals surface area contributed by atoms with Gasteiger partial charge in [0, 0.05) is 43.3 Å². The van der Waals surface area contributed by atoms with Crippen LogP contribution in [0.15, 0.2) is 73.3 Å². The number of amides is 1. The number of carbonyl (C=O) groups is 1. The molecule has 2 aromatic heterocycles. The zero-order valence-corrected chi connectivity index (χ0v) is 19.5. The highest BCUT2D eigenvalue weighted by Crippen LogP contribution is 2.25. The zero-order chi connectivity index (χ0) is 24.1. The van der Waals surface area contributed by atoms with Gasteiger partial charge in [-0.05, 0) is 48.2 Å². The smallest absolute Gasteiger partial charge is 0.228 e. The molecule has 0 aliphatic carbocycles. The van der Waals surface area contributed by atoms with E-state index < -0.39 is 5.41 Å². The van der Waals surface area contributed by atoms with Crippen LogP contribution in [0.5, 0.6) is 0 Å². The molecular formula is C27H26N6O. The fraction of sp³-hybridized carbons (Fsp3) is 0.222. The number of hydrogen-bond donors (Lipinski definition) is 1. The van der Waals surface area contributed by atoms with Gasteiger partial charge in [0.2, 0.25) is 5.91 Å². The van der Waals surface area contributed by atoms with Gasteiger partial charge >= 0.3 is 0 Å². The average Bonchev–Trinajstić information content (AvgIpc) is 3.24. The Morgan fingerprint density at radius 3 is 2.41 bits per heavy atom. The molecule has 2 heterocycles. The highest BCUT2D eigenvalue weighted by Gasteiger charge is 2.20. The van der Waals surface area contributed by atoms with Crippen molar-refractivity contribution in [1.29, 1.82) is 5.26 Å². The standard InChI is InChI=1S/C27H26N6O/c1-27(2,18-28)23-5-4-6-24(13-23)32-26(34)12-19-7-9-21(10-8-19)22-15-29-25(30-16-22)11-20-14-31-33(3)17-20/h4-10,13-17H,11-12H2,1-3H3,(H,32,34). The predicted octanol–water partition coefficient (Wildman–Crippen LogP) is 4.45. The zero-order valence-electron chi connectivity index (χ0n) is 19.5. The Kier molecular flexibility index (Phi) is 6.51. The number of benzene rings is 2. The Balaban J connectivity index is 1.37. The van der Waals surface area contributed by atoms with Crippen molar-refractivity contribution in [2.75, 3.05) is 5.32 Å². The van der Waals surface area contributed by atoms with Crippen LogP contribution in [0, 0.1) is 11.3 Å². The number of carbonyl (C=O) groups excluding carboxylic acids is 1. The highest BCUT2D eigenvalue weighted by molar-refractivity contribution is 5.92. The van der Waals surface area contributed by atoms with E-state index in [-0.39, 0.29) is 12.3 Å². The van der Waals surface area contributed by atoms with Gasteiger partial charge in [-0.15, -0.1) is 0 Å². The van der Waals surface area contributed by atoms with Crippen LogP contribution in [0.1, 0.15) is 36.4 Å². The molecule has 1 N–H and O–H groups in total. The SMILES string of the molecule is Cn1cc(Cc2ncc(-c3ccc(CC(=O)Nc4cccc(C(C)(C)C#N)c4)cc3)cn2)cn1. The van der Waals surface area contributed by atoms with Crippen LogP contribution in [-0.2, 0) is 30.1 Å². The van der Waals surface area contributed by atoms with Gasteiger partial charge in [-0.3, -0.25) is 9.48 Å². The molecule has 7 heteroatoms. The van der Waals surface area contributed by atoms with Crippen molar-refractivity contribution in [3.63, 3.8) is 0 Å². The lowest BCUT2D eigenvalue weighted by Gasteiger charge is -2.17. The van der Waals surface area contributed by atoms with Gasteiger partial charge in [-0.1, -0.05) is 36.4 Å². The second-order valence-electron chi connectivity index (χ2n) is 8.83. The first-order valence-corrected chi connectivity index (χ1v) is 11.0. The highest BCUT2D eigenvalue weighted by atomic mass is 16.1. The number of aryl methyl sites for hydroxylation is 1. The maximum Gasteiger partial charge on any atom is 0.228 e. The lowest BCUT2D eigenvalue weighted by atomic mass is 9.86. The maximum atomic E-state index is 12.6. The third-order valence-corrected chi connectivity index (χ3v) is 5.63. The molecule has 34 heavy (non-hydrogen) atoms. The molecule has 1 amide bonds. The first-order chi connectivity index (χ1) is 16.3. The minimum absolute atomic E-state index is 0.109. The molecule has 0 atom stereocenters. The van der Waals surface area contributed by atoms with Crippen LogP contribution in [0.25, 0.3) is 11.1 Å². The van der Waals surface area contributed by atoms with Crippen LogP contribution in [-0.4, -0.2) is 25.7 Å². The Labute approximate surface area is 199 Å². The number of hydrogen-bond acceptors (Lipinski definition) is 5. The van der Waals surface area contributed by atoms with Crippen molar-refractivity contribution in [3.8, 4) is 17.2 Å². The van der Waals surface area contributed by atoms with Crippen molar-refractivity contribution in [3.05, 3.63) is 95.8 Å². The van der Waals surface area contributed by atoms with Crippen molar-refractivity contribution < 1.29 is 4.79 Å². The predicted molar refractivity (Wildman–Crippen MR) is 131 cm³/mol. The summed E-state index contributed by atoms with van der Waals surface area (Å²) in [6, 6.07) is 17.5. The lowest BCUT2D eigenvalue weighted by Crippen LogP contribution is -2.17. The maximum absolute atomic E-state index is 12.6. The van der Waals surface area contributed by atoms with Gasteiger partial charge in [0.05, 0.1) is 24.1 Å². The molecular weight excluding hydrogens is 424 g/mol. The summed E-state index contributed by atoms with van der Waals surface area (Å²) in [5.74, 6) is 0.634. The Morgan fingerprint density at radius 1 is 1.03 bits per heavy atom. The number of nitrogens with zero attached hydrogens (tertiary/aromatic N) is 5. The van der Waals surface area contributed by atoms with Gasteiger partial charge in [-0.25, -0.2) is 9.97 Å². The summed E-state index contributed by atoms with van der Waals surface area (Å²) in [4.78, 5) is 21.5. The number of nitriles is 1. The van der Waals surface area contributed by atoms with Gasteiger partial charge in [0.1, 0.15) is 5.82 Å². The molecule has 0 aliphatic rings. The fourth-order valence-corrected chi connectivity index (χ4v) is 3.60. The van der Waals surface area contributed by atoms with Crippen molar-refractivity contribution in [2.45, 2.75) is 32.1 Å². The number of aromatic nitrogens is 4. The van der Waals surface area contributed by atoms with E-state index in [1.165, 1.54) is 0 Å². The average molecular weight is 451 g/mol.